The Balaban J connectivity index is 1.71. The molecule has 1 aromatic carbocycles. The van der Waals surface area contributed by atoms with Gasteiger partial charge < -0.3 is 9.47 Å². The van der Waals surface area contributed by atoms with Crippen molar-refractivity contribution in [2.45, 2.75) is 65.0 Å². The summed E-state index contributed by atoms with van der Waals surface area (Å²) in [6.07, 6.45) is 9.81. The van der Waals surface area contributed by atoms with Gasteiger partial charge in [-0.3, -0.25) is 4.79 Å². The second-order valence-electron chi connectivity index (χ2n) is 7.71. The number of carbonyl (C=O) groups excluding carboxylic acids is 1. The summed E-state index contributed by atoms with van der Waals surface area (Å²) < 4.78 is 15.6. The van der Waals surface area contributed by atoms with E-state index in [4.69, 9.17) is 0 Å². The summed E-state index contributed by atoms with van der Waals surface area (Å²) in [5.41, 5.74) is 2.05. The van der Waals surface area contributed by atoms with Crippen molar-refractivity contribution in [1.82, 2.24) is 9.47 Å². The van der Waals surface area contributed by atoms with Gasteiger partial charge in [-0.2, -0.15) is 0 Å². The van der Waals surface area contributed by atoms with Gasteiger partial charge in [0.15, 0.2) is 0 Å². The van der Waals surface area contributed by atoms with Gasteiger partial charge >= 0.3 is 0 Å². The lowest BCUT2D eigenvalue weighted by Crippen LogP contribution is -2.37. The van der Waals surface area contributed by atoms with Crippen molar-refractivity contribution in [2.24, 2.45) is 5.92 Å². The smallest absolute Gasteiger partial charge is 0.226 e. The number of benzene rings is 1. The molecule has 0 unspecified atom stereocenters. The molecule has 0 saturated heterocycles. The van der Waals surface area contributed by atoms with Gasteiger partial charge in [0.2, 0.25) is 5.91 Å². The monoisotopic (exact) mass is 370 g/mol. The van der Waals surface area contributed by atoms with Gasteiger partial charge in [0.1, 0.15) is 5.82 Å². The normalized spacial score (nSPS) is 15.0. The molecule has 0 aliphatic heterocycles. The van der Waals surface area contributed by atoms with E-state index in [9.17, 15) is 9.18 Å². The molecule has 27 heavy (non-hydrogen) atoms. The predicted molar refractivity (Wildman–Crippen MR) is 107 cm³/mol. The molecule has 3 rings (SSSR count). The SMILES string of the molecule is CCCCN(Cc1cccn1Cc1cccc(F)c1)C(=O)C1CCCCC1. The maximum absolute atomic E-state index is 13.5. The minimum absolute atomic E-state index is 0.197. The van der Waals surface area contributed by atoms with Crippen LogP contribution in [0.2, 0.25) is 0 Å². The molecular formula is C23H31FN2O. The molecule has 0 spiro atoms. The number of rotatable bonds is 8. The third kappa shape index (κ3) is 5.44. The first-order valence-corrected chi connectivity index (χ1v) is 10.3. The van der Waals surface area contributed by atoms with E-state index < -0.39 is 0 Å². The third-order valence-corrected chi connectivity index (χ3v) is 5.57. The molecule has 0 bridgehead atoms. The maximum Gasteiger partial charge on any atom is 0.226 e. The van der Waals surface area contributed by atoms with Gasteiger partial charge in [-0.05, 0) is 49.1 Å². The highest BCUT2D eigenvalue weighted by molar-refractivity contribution is 5.78. The van der Waals surface area contributed by atoms with Crippen LogP contribution in [-0.2, 0) is 17.9 Å². The molecule has 1 fully saturated rings. The summed E-state index contributed by atoms with van der Waals surface area (Å²) in [6.45, 7) is 4.24. The fourth-order valence-electron chi connectivity index (χ4n) is 4.00. The van der Waals surface area contributed by atoms with Crippen LogP contribution in [0.5, 0.6) is 0 Å². The van der Waals surface area contributed by atoms with Crippen LogP contribution in [0.4, 0.5) is 4.39 Å². The van der Waals surface area contributed by atoms with Gasteiger partial charge in [-0.1, -0.05) is 44.7 Å². The summed E-state index contributed by atoms with van der Waals surface area (Å²) in [6, 6.07) is 10.8. The Labute approximate surface area is 162 Å². The largest absolute Gasteiger partial charge is 0.345 e. The van der Waals surface area contributed by atoms with Crippen LogP contribution < -0.4 is 0 Å². The molecule has 1 saturated carbocycles. The van der Waals surface area contributed by atoms with Crippen molar-refractivity contribution < 1.29 is 9.18 Å². The average Bonchev–Trinajstić information content (AvgIpc) is 3.12. The molecule has 0 atom stereocenters. The zero-order chi connectivity index (χ0) is 19.1. The number of nitrogens with zero attached hydrogens (tertiary/aromatic N) is 2. The van der Waals surface area contributed by atoms with E-state index in [-0.39, 0.29) is 11.7 Å². The number of amides is 1. The molecule has 4 heteroatoms. The standard InChI is InChI=1S/C23H31FN2O/c1-2-3-14-26(23(27)20-10-5-4-6-11-20)18-22-13-8-15-25(22)17-19-9-7-12-21(24)16-19/h7-9,12-13,15-16,20H,2-6,10-11,14,17-18H2,1H3. The van der Waals surface area contributed by atoms with Gasteiger partial charge in [-0.15, -0.1) is 0 Å². The Morgan fingerprint density at radius 3 is 2.74 bits per heavy atom. The first-order chi connectivity index (χ1) is 13.2. The second-order valence-corrected chi connectivity index (χ2v) is 7.71. The van der Waals surface area contributed by atoms with Crippen LogP contribution in [0.3, 0.4) is 0 Å². The zero-order valence-corrected chi connectivity index (χ0v) is 16.4. The van der Waals surface area contributed by atoms with Crippen LogP contribution in [-0.4, -0.2) is 21.9 Å². The summed E-state index contributed by atoms with van der Waals surface area (Å²) in [5.74, 6) is 0.308. The fourth-order valence-corrected chi connectivity index (χ4v) is 4.00. The number of hydrogen-bond acceptors (Lipinski definition) is 1. The molecule has 146 valence electrons. The van der Waals surface area contributed by atoms with E-state index in [0.717, 1.165) is 43.5 Å². The van der Waals surface area contributed by atoms with Gasteiger partial charge in [0.05, 0.1) is 6.54 Å². The maximum atomic E-state index is 13.5. The van der Waals surface area contributed by atoms with E-state index in [0.29, 0.717) is 19.0 Å². The molecule has 0 N–H and O–H groups in total. The predicted octanol–water partition coefficient (Wildman–Crippen LogP) is 5.38. The van der Waals surface area contributed by atoms with Crippen molar-refractivity contribution in [3.63, 3.8) is 0 Å². The van der Waals surface area contributed by atoms with Crippen molar-refractivity contribution in [1.29, 1.82) is 0 Å². The number of aromatic nitrogens is 1. The van der Waals surface area contributed by atoms with E-state index in [1.54, 1.807) is 12.1 Å². The van der Waals surface area contributed by atoms with E-state index >= 15 is 0 Å². The van der Waals surface area contributed by atoms with E-state index in [2.05, 4.69) is 22.5 Å². The van der Waals surface area contributed by atoms with Gasteiger partial charge in [-0.25, -0.2) is 4.39 Å². The number of hydrogen-bond donors (Lipinski definition) is 0. The third-order valence-electron chi connectivity index (χ3n) is 5.57. The molecule has 1 amide bonds. The van der Waals surface area contributed by atoms with Crippen molar-refractivity contribution in [3.8, 4) is 0 Å². The van der Waals surface area contributed by atoms with Crippen LogP contribution >= 0.6 is 0 Å². The minimum Gasteiger partial charge on any atom is -0.345 e. The second kappa shape index (κ2) is 9.72. The van der Waals surface area contributed by atoms with E-state index in [1.807, 2.05) is 18.3 Å². The molecule has 3 nitrogen and oxygen atoms in total. The Kier molecular flexibility index (Phi) is 7.08. The average molecular weight is 371 g/mol. The Hall–Kier alpha value is -2.10. The quantitative estimate of drug-likeness (QED) is 0.612. The van der Waals surface area contributed by atoms with Crippen molar-refractivity contribution in [2.75, 3.05) is 6.54 Å². The molecule has 1 heterocycles. The van der Waals surface area contributed by atoms with Crippen molar-refractivity contribution >= 4 is 5.91 Å². The lowest BCUT2D eigenvalue weighted by Gasteiger charge is -2.30. The summed E-state index contributed by atoms with van der Waals surface area (Å²) in [5, 5.41) is 0. The number of unbranched alkanes of at least 4 members (excludes halogenated alkanes) is 1. The first-order valence-electron chi connectivity index (χ1n) is 10.3. The molecule has 2 aromatic rings. The van der Waals surface area contributed by atoms with E-state index in [1.165, 1.54) is 25.3 Å². The zero-order valence-electron chi connectivity index (χ0n) is 16.4. The lowest BCUT2D eigenvalue weighted by molar-refractivity contribution is -0.137. The number of carbonyl (C=O) groups is 1. The molecule has 1 aliphatic carbocycles. The van der Waals surface area contributed by atoms with Gasteiger partial charge in [0, 0.05) is 30.9 Å². The van der Waals surface area contributed by atoms with Crippen LogP contribution in [0.15, 0.2) is 42.6 Å². The summed E-state index contributed by atoms with van der Waals surface area (Å²) in [7, 11) is 0. The van der Waals surface area contributed by atoms with Gasteiger partial charge in [0.25, 0.3) is 0 Å². The Morgan fingerprint density at radius 2 is 2.00 bits per heavy atom. The highest BCUT2D eigenvalue weighted by atomic mass is 19.1. The highest BCUT2D eigenvalue weighted by Gasteiger charge is 2.26. The summed E-state index contributed by atoms with van der Waals surface area (Å²) in [4.78, 5) is 15.2. The number of halogens is 1. The molecule has 1 aliphatic rings. The Bertz CT molecular complexity index is 733. The first kappa shape index (κ1) is 19.7. The topological polar surface area (TPSA) is 25.2 Å². The van der Waals surface area contributed by atoms with Crippen LogP contribution in [0.1, 0.15) is 63.1 Å². The molecule has 0 radical (unpaired) electrons. The molecule has 1 aromatic heterocycles. The molecular weight excluding hydrogens is 339 g/mol. The van der Waals surface area contributed by atoms with Crippen LogP contribution in [0, 0.1) is 11.7 Å². The summed E-state index contributed by atoms with van der Waals surface area (Å²) >= 11 is 0. The Morgan fingerprint density at radius 1 is 1.19 bits per heavy atom. The fraction of sp³-hybridized carbons (Fsp3) is 0.522. The minimum atomic E-state index is -0.210. The highest BCUT2D eigenvalue weighted by Crippen LogP contribution is 2.26. The van der Waals surface area contributed by atoms with Crippen molar-refractivity contribution in [3.05, 3.63) is 59.7 Å². The lowest BCUT2D eigenvalue weighted by atomic mass is 9.88. The van der Waals surface area contributed by atoms with Crippen LogP contribution in [0.25, 0.3) is 0 Å².